The summed E-state index contributed by atoms with van der Waals surface area (Å²) in [6.45, 7) is 1.39. The summed E-state index contributed by atoms with van der Waals surface area (Å²) < 4.78 is 6.55. The molecule has 0 saturated carbocycles. The molecule has 0 radical (unpaired) electrons. The van der Waals surface area contributed by atoms with Gasteiger partial charge in [0.05, 0.1) is 5.69 Å². The minimum Gasteiger partial charge on any atom is -0.482 e. The van der Waals surface area contributed by atoms with Crippen molar-refractivity contribution < 1.29 is 19.4 Å². The van der Waals surface area contributed by atoms with Gasteiger partial charge in [-0.2, -0.15) is 5.10 Å². The number of benzene rings is 1. The van der Waals surface area contributed by atoms with Gasteiger partial charge >= 0.3 is 5.97 Å². The Morgan fingerprint density at radius 2 is 2.00 bits per heavy atom. The van der Waals surface area contributed by atoms with Crippen LogP contribution in [0, 0.1) is 6.92 Å². The molecule has 6 nitrogen and oxygen atoms in total. The molecular weight excluding hydrogens is 320 g/mol. The van der Waals surface area contributed by atoms with Crippen LogP contribution in [0.25, 0.3) is 6.08 Å². The van der Waals surface area contributed by atoms with Gasteiger partial charge in [0.1, 0.15) is 10.9 Å². The van der Waals surface area contributed by atoms with E-state index < -0.39 is 12.6 Å². The van der Waals surface area contributed by atoms with Crippen molar-refractivity contribution in [2.75, 3.05) is 6.61 Å². The van der Waals surface area contributed by atoms with Gasteiger partial charge in [0, 0.05) is 18.2 Å². The Morgan fingerprint density at radius 3 is 2.52 bits per heavy atom. The van der Waals surface area contributed by atoms with Crippen LogP contribution in [0.1, 0.15) is 21.6 Å². The van der Waals surface area contributed by atoms with Crippen LogP contribution in [-0.4, -0.2) is 33.2 Å². The number of aromatic nitrogens is 2. The average Bonchev–Trinajstić information content (AvgIpc) is 2.76. The molecule has 23 heavy (non-hydrogen) atoms. The van der Waals surface area contributed by atoms with Gasteiger partial charge in [-0.25, -0.2) is 4.79 Å². The lowest BCUT2D eigenvalue weighted by Crippen LogP contribution is -2.09. The number of hydrogen-bond acceptors (Lipinski definition) is 4. The number of aliphatic carboxylic acids is 1. The standard InChI is InChI=1S/C16H15ClN2O4/c1-10-13(16(17)19(2)18-10)7-8-14(20)11-3-5-12(6-4-11)23-9-15(21)22/h3-8H,9H2,1-2H3,(H,21,22)/b8-7-. The maximum absolute atomic E-state index is 12.1. The monoisotopic (exact) mass is 334 g/mol. The van der Waals surface area contributed by atoms with Crippen molar-refractivity contribution in [2.24, 2.45) is 7.05 Å². The highest BCUT2D eigenvalue weighted by Gasteiger charge is 2.09. The van der Waals surface area contributed by atoms with E-state index in [9.17, 15) is 9.59 Å². The highest BCUT2D eigenvalue weighted by Crippen LogP contribution is 2.20. The summed E-state index contributed by atoms with van der Waals surface area (Å²) in [6, 6.07) is 6.24. The molecule has 0 unspecified atom stereocenters. The molecule has 1 aromatic heterocycles. The SMILES string of the molecule is Cc1nn(C)c(Cl)c1/C=C\C(=O)c1ccc(OCC(=O)O)cc1. The molecule has 0 aliphatic heterocycles. The van der Waals surface area contributed by atoms with E-state index in [2.05, 4.69) is 5.10 Å². The Kier molecular flexibility index (Phi) is 5.18. The first-order valence-electron chi connectivity index (χ1n) is 6.74. The molecule has 0 spiro atoms. The van der Waals surface area contributed by atoms with Gasteiger partial charge in [0.25, 0.3) is 0 Å². The molecule has 120 valence electrons. The minimum absolute atomic E-state index is 0.200. The molecule has 7 heteroatoms. The third-order valence-electron chi connectivity index (χ3n) is 3.10. The van der Waals surface area contributed by atoms with E-state index in [4.69, 9.17) is 21.4 Å². The number of carboxylic acid groups (broad SMARTS) is 1. The summed E-state index contributed by atoms with van der Waals surface area (Å²) in [5.74, 6) is -0.870. The number of carboxylic acids is 1. The number of ketones is 1. The molecule has 0 atom stereocenters. The van der Waals surface area contributed by atoms with Crippen molar-refractivity contribution in [3.63, 3.8) is 0 Å². The zero-order chi connectivity index (χ0) is 17.0. The van der Waals surface area contributed by atoms with Gasteiger partial charge in [0.15, 0.2) is 12.4 Å². The minimum atomic E-state index is -1.06. The number of ether oxygens (including phenoxy) is 1. The Balaban J connectivity index is 2.08. The van der Waals surface area contributed by atoms with Crippen molar-refractivity contribution in [3.05, 3.63) is 52.3 Å². The number of aryl methyl sites for hydroxylation is 2. The average molecular weight is 335 g/mol. The van der Waals surface area contributed by atoms with E-state index in [0.717, 1.165) is 5.69 Å². The number of allylic oxidation sites excluding steroid dienone is 1. The molecule has 2 aromatic rings. The normalized spacial score (nSPS) is 10.9. The first-order chi connectivity index (χ1) is 10.9. The lowest BCUT2D eigenvalue weighted by atomic mass is 10.1. The number of hydrogen-bond donors (Lipinski definition) is 1. The highest BCUT2D eigenvalue weighted by molar-refractivity contribution is 6.31. The first kappa shape index (κ1) is 16.8. The molecule has 1 heterocycles. The Labute approximate surface area is 137 Å². The summed E-state index contributed by atoms with van der Waals surface area (Å²) in [6.07, 6.45) is 3.05. The van der Waals surface area contributed by atoms with E-state index in [1.165, 1.54) is 10.8 Å². The van der Waals surface area contributed by atoms with E-state index >= 15 is 0 Å². The van der Waals surface area contributed by atoms with Crippen LogP contribution in [0.3, 0.4) is 0 Å². The van der Waals surface area contributed by atoms with Crippen LogP contribution in [0.5, 0.6) is 5.75 Å². The largest absolute Gasteiger partial charge is 0.482 e. The lowest BCUT2D eigenvalue weighted by molar-refractivity contribution is -0.139. The number of rotatable bonds is 6. The number of nitrogens with zero attached hydrogens (tertiary/aromatic N) is 2. The molecule has 1 aromatic carbocycles. The van der Waals surface area contributed by atoms with Crippen LogP contribution in [0.2, 0.25) is 5.15 Å². The second-order valence-corrected chi connectivity index (χ2v) is 5.18. The maximum atomic E-state index is 12.1. The van der Waals surface area contributed by atoms with Crippen molar-refractivity contribution in [1.29, 1.82) is 0 Å². The number of carbonyl (C=O) groups excluding carboxylic acids is 1. The fraction of sp³-hybridized carbons (Fsp3) is 0.188. The third kappa shape index (κ3) is 4.20. The van der Waals surface area contributed by atoms with Crippen molar-refractivity contribution in [1.82, 2.24) is 9.78 Å². The summed E-state index contributed by atoms with van der Waals surface area (Å²) in [7, 11) is 1.73. The number of carbonyl (C=O) groups is 2. The molecule has 0 aliphatic rings. The lowest BCUT2D eigenvalue weighted by Gasteiger charge is -2.03. The number of halogens is 1. The highest BCUT2D eigenvalue weighted by atomic mass is 35.5. The Hall–Kier alpha value is -2.60. The van der Waals surface area contributed by atoms with Crippen molar-refractivity contribution in [3.8, 4) is 5.75 Å². The molecular formula is C16H15ClN2O4. The Bertz CT molecular complexity index is 763. The predicted molar refractivity (Wildman–Crippen MR) is 85.9 cm³/mol. The van der Waals surface area contributed by atoms with Gasteiger partial charge in [-0.1, -0.05) is 11.6 Å². The molecule has 0 aliphatic carbocycles. The molecule has 1 N–H and O–H groups in total. The van der Waals surface area contributed by atoms with Gasteiger partial charge in [-0.15, -0.1) is 0 Å². The maximum Gasteiger partial charge on any atom is 0.341 e. The quantitative estimate of drug-likeness (QED) is 0.649. The van der Waals surface area contributed by atoms with Crippen LogP contribution < -0.4 is 4.74 Å². The molecule has 0 fully saturated rings. The van der Waals surface area contributed by atoms with Crippen LogP contribution in [0.4, 0.5) is 0 Å². The molecule has 2 rings (SSSR count). The second kappa shape index (κ2) is 7.11. The van der Waals surface area contributed by atoms with Crippen LogP contribution in [0.15, 0.2) is 30.3 Å². The van der Waals surface area contributed by atoms with E-state index in [0.29, 0.717) is 22.0 Å². The van der Waals surface area contributed by atoms with Crippen molar-refractivity contribution in [2.45, 2.75) is 6.92 Å². The second-order valence-electron chi connectivity index (χ2n) is 4.82. The topological polar surface area (TPSA) is 81.4 Å². The molecule has 0 bridgehead atoms. The third-order valence-corrected chi connectivity index (χ3v) is 3.55. The summed E-state index contributed by atoms with van der Waals surface area (Å²) in [5.41, 5.74) is 1.89. The van der Waals surface area contributed by atoms with Gasteiger partial charge in [-0.05, 0) is 43.3 Å². The first-order valence-corrected chi connectivity index (χ1v) is 7.12. The molecule has 0 saturated heterocycles. The fourth-order valence-corrected chi connectivity index (χ4v) is 2.19. The van der Waals surface area contributed by atoms with E-state index in [-0.39, 0.29) is 5.78 Å². The van der Waals surface area contributed by atoms with Crippen molar-refractivity contribution >= 4 is 29.4 Å². The van der Waals surface area contributed by atoms with Crippen LogP contribution >= 0.6 is 11.6 Å². The zero-order valence-corrected chi connectivity index (χ0v) is 13.4. The fourth-order valence-electron chi connectivity index (χ4n) is 1.95. The smallest absolute Gasteiger partial charge is 0.341 e. The Morgan fingerprint density at radius 1 is 1.35 bits per heavy atom. The van der Waals surface area contributed by atoms with Gasteiger partial charge in [-0.3, -0.25) is 9.48 Å². The van der Waals surface area contributed by atoms with E-state index in [1.807, 2.05) is 6.92 Å². The summed E-state index contributed by atoms with van der Waals surface area (Å²) in [5, 5.41) is 13.2. The van der Waals surface area contributed by atoms with Crippen LogP contribution in [-0.2, 0) is 11.8 Å². The van der Waals surface area contributed by atoms with Gasteiger partial charge in [0.2, 0.25) is 0 Å². The van der Waals surface area contributed by atoms with E-state index in [1.54, 1.807) is 37.4 Å². The predicted octanol–water partition coefficient (Wildman–Crippen LogP) is 2.74. The van der Waals surface area contributed by atoms with Gasteiger partial charge < -0.3 is 9.84 Å². The summed E-state index contributed by atoms with van der Waals surface area (Å²) >= 11 is 6.10. The zero-order valence-electron chi connectivity index (χ0n) is 12.6. The summed E-state index contributed by atoms with van der Waals surface area (Å²) in [4.78, 5) is 22.6. The molecule has 0 amide bonds.